The van der Waals surface area contributed by atoms with E-state index in [4.69, 9.17) is 10.5 Å². The van der Waals surface area contributed by atoms with Crippen LogP contribution < -0.4 is 11.1 Å². The van der Waals surface area contributed by atoms with E-state index in [2.05, 4.69) is 5.32 Å². The number of halogens is 1. The molecule has 2 unspecified atom stereocenters. The van der Waals surface area contributed by atoms with Crippen LogP contribution in [0.2, 0.25) is 0 Å². The standard InChI is InChI=1S/C10H20N2O2.ClH/c1-14-6-5-10(13)12-9-4-2-3-8(11)7-9;/h8-9H,2-7,11H2,1H3,(H,12,13);1H. The van der Waals surface area contributed by atoms with E-state index >= 15 is 0 Å². The van der Waals surface area contributed by atoms with E-state index in [0.717, 1.165) is 25.7 Å². The van der Waals surface area contributed by atoms with Gasteiger partial charge in [-0.15, -0.1) is 12.4 Å². The zero-order valence-electron chi connectivity index (χ0n) is 9.20. The molecular weight excluding hydrogens is 216 g/mol. The molecule has 0 aromatic rings. The van der Waals surface area contributed by atoms with Crippen LogP contribution in [-0.2, 0) is 9.53 Å². The lowest BCUT2D eigenvalue weighted by atomic mass is 9.91. The Morgan fingerprint density at radius 2 is 2.27 bits per heavy atom. The van der Waals surface area contributed by atoms with Crippen LogP contribution in [0.1, 0.15) is 32.1 Å². The fraction of sp³-hybridized carbons (Fsp3) is 0.900. The predicted molar refractivity (Wildman–Crippen MR) is 62.1 cm³/mol. The van der Waals surface area contributed by atoms with Crippen LogP contribution in [0.5, 0.6) is 0 Å². The Kier molecular flexibility index (Phi) is 7.74. The fourth-order valence-corrected chi connectivity index (χ4v) is 1.85. The minimum Gasteiger partial charge on any atom is -0.384 e. The van der Waals surface area contributed by atoms with Gasteiger partial charge in [-0.2, -0.15) is 0 Å². The van der Waals surface area contributed by atoms with Gasteiger partial charge in [0.05, 0.1) is 6.61 Å². The van der Waals surface area contributed by atoms with Crippen molar-refractivity contribution in [1.82, 2.24) is 5.32 Å². The summed E-state index contributed by atoms with van der Waals surface area (Å²) in [5.41, 5.74) is 5.82. The lowest BCUT2D eigenvalue weighted by Crippen LogP contribution is -2.42. The molecule has 0 aromatic carbocycles. The van der Waals surface area contributed by atoms with Crippen molar-refractivity contribution in [2.24, 2.45) is 5.73 Å². The summed E-state index contributed by atoms with van der Waals surface area (Å²) in [5.74, 6) is 0.0750. The van der Waals surface area contributed by atoms with Crippen LogP contribution in [-0.4, -0.2) is 31.7 Å². The summed E-state index contributed by atoms with van der Waals surface area (Å²) >= 11 is 0. The number of nitrogens with one attached hydrogen (secondary N) is 1. The molecule has 1 fully saturated rings. The van der Waals surface area contributed by atoms with Gasteiger partial charge in [-0.3, -0.25) is 4.79 Å². The molecule has 0 aliphatic heterocycles. The first-order valence-electron chi connectivity index (χ1n) is 5.26. The third-order valence-electron chi connectivity index (χ3n) is 2.61. The summed E-state index contributed by atoms with van der Waals surface area (Å²) in [5, 5.41) is 2.99. The van der Waals surface area contributed by atoms with Gasteiger partial charge in [-0.05, 0) is 25.7 Å². The lowest BCUT2D eigenvalue weighted by molar-refractivity contribution is -0.122. The van der Waals surface area contributed by atoms with Gasteiger partial charge in [0.2, 0.25) is 5.91 Å². The maximum absolute atomic E-state index is 11.3. The number of carbonyl (C=O) groups is 1. The van der Waals surface area contributed by atoms with Crippen molar-refractivity contribution in [3.63, 3.8) is 0 Å². The number of hydrogen-bond donors (Lipinski definition) is 2. The van der Waals surface area contributed by atoms with Crippen LogP contribution >= 0.6 is 12.4 Å². The largest absolute Gasteiger partial charge is 0.384 e. The Bertz CT molecular complexity index is 190. The van der Waals surface area contributed by atoms with E-state index in [0.29, 0.717) is 13.0 Å². The Morgan fingerprint density at radius 3 is 2.87 bits per heavy atom. The average Bonchev–Trinajstić information content (AvgIpc) is 2.15. The van der Waals surface area contributed by atoms with Gasteiger partial charge < -0.3 is 15.8 Å². The van der Waals surface area contributed by atoms with Crippen molar-refractivity contribution in [2.75, 3.05) is 13.7 Å². The van der Waals surface area contributed by atoms with E-state index in [1.54, 1.807) is 7.11 Å². The number of carbonyl (C=O) groups excluding carboxylic acids is 1. The minimum absolute atomic E-state index is 0. The Hall–Kier alpha value is -0.320. The van der Waals surface area contributed by atoms with Crippen LogP contribution in [0.4, 0.5) is 0 Å². The monoisotopic (exact) mass is 236 g/mol. The molecule has 1 saturated carbocycles. The highest BCUT2D eigenvalue weighted by atomic mass is 35.5. The number of hydrogen-bond acceptors (Lipinski definition) is 3. The molecule has 0 saturated heterocycles. The second-order valence-electron chi connectivity index (χ2n) is 3.93. The Balaban J connectivity index is 0.00000196. The van der Waals surface area contributed by atoms with Crippen LogP contribution in [0.25, 0.3) is 0 Å². The van der Waals surface area contributed by atoms with Gasteiger partial charge >= 0.3 is 0 Å². The molecule has 0 heterocycles. The Labute approximate surface area is 97.3 Å². The highest BCUT2D eigenvalue weighted by Gasteiger charge is 2.20. The van der Waals surface area contributed by atoms with E-state index in [1.165, 1.54) is 0 Å². The molecule has 1 aliphatic rings. The zero-order valence-corrected chi connectivity index (χ0v) is 10.0. The molecule has 1 amide bonds. The molecule has 4 nitrogen and oxygen atoms in total. The van der Waals surface area contributed by atoms with Gasteiger partial charge in [0.25, 0.3) is 0 Å². The summed E-state index contributed by atoms with van der Waals surface area (Å²) in [7, 11) is 1.60. The number of methoxy groups -OCH3 is 1. The van der Waals surface area contributed by atoms with E-state index in [9.17, 15) is 4.79 Å². The third kappa shape index (κ3) is 5.97. The van der Waals surface area contributed by atoms with Gasteiger partial charge in [0.1, 0.15) is 0 Å². The second-order valence-corrected chi connectivity index (χ2v) is 3.93. The third-order valence-corrected chi connectivity index (χ3v) is 2.61. The molecule has 1 rings (SSSR count). The number of amides is 1. The maximum Gasteiger partial charge on any atom is 0.222 e. The maximum atomic E-state index is 11.3. The van der Waals surface area contributed by atoms with Crippen molar-refractivity contribution >= 4 is 18.3 Å². The van der Waals surface area contributed by atoms with Crippen molar-refractivity contribution in [2.45, 2.75) is 44.2 Å². The Morgan fingerprint density at radius 1 is 1.53 bits per heavy atom. The van der Waals surface area contributed by atoms with Gasteiger partial charge in [-0.25, -0.2) is 0 Å². The first-order chi connectivity index (χ1) is 6.72. The van der Waals surface area contributed by atoms with Crippen molar-refractivity contribution in [1.29, 1.82) is 0 Å². The summed E-state index contributed by atoms with van der Waals surface area (Å²) in [6.07, 6.45) is 4.63. The quantitative estimate of drug-likeness (QED) is 0.760. The number of rotatable bonds is 4. The van der Waals surface area contributed by atoms with Crippen LogP contribution in [0.3, 0.4) is 0 Å². The minimum atomic E-state index is 0. The molecule has 0 radical (unpaired) electrons. The normalized spacial score (nSPS) is 25.5. The topological polar surface area (TPSA) is 64.3 Å². The lowest BCUT2D eigenvalue weighted by Gasteiger charge is -2.27. The molecule has 5 heteroatoms. The first-order valence-corrected chi connectivity index (χ1v) is 5.26. The van der Waals surface area contributed by atoms with Gasteiger partial charge in [0, 0.05) is 25.6 Å². The highest BCUT2D eigenvalue weighted by Crippen LogP contribution is 2.16. The second kappa shape index (κ2) is 7.91. The molecule has 90 valence electrons. The molecule has 15 heavy (non-hydrogen) atoms. The molecule has 0 aromatic heterocycles. The average molecular weight is 237 g/mol. The molecule has 3 N–H and O–H groups in total. The van der Waals surface area contributed by atoms with E-state index in [1.807, 2.05) is 0 Å². The van der Waals surface area contributed by atoms with Gasteiger partial charge in [0.15, 0.2) is 0 Å². The SMILES string of the molecule is COCCC(=O)NC1CCCC(N)C1.Cl. The van der Waals surface area contributed by atoms with Crippen molar-refractivity contribution < 1.29 is 9.53 Å². The van der Waals surface area contributed by atoms with Gasteiger partial charge in [-0.1, -0.05) is 0 Å². The van der Waals surface area contributed by atoms with Crippen LogP contribution in [0.15, 0.2) is 0 Å². The van der Waals surface area contributed by atoms with E-state index < -0.39 is 0 Å². The fourth-order valence-electron chi connectivity index (χ4n) is 1.85. The van der Waals surface area contributed by atoms with E-state index in [-0.39, 0.29) is 30.4 Å². The van der Waals surface area contributed by atoms with Crippen LogP contribution in [0, 0.1) is 0 Å². The van der Waals surface area contributed by atoms with Crippen molar-refractivity contribution in [3.05, 3.63) is 0 Å². The number of ether oxygens (including phenoxy) is 1. The molecule has 2 atom stereocenters. The first kappa shape index (κ1) is 14.7. The molecule has 1 aliphatic carbocycles. The predicted octanol–water partition coefficient (Wildman–Crippen LogP) is 0.831. The molecular formula is C10H21ClN2O2. The summed E-state index contributed by atoms with van der Waals surface area (Å²) < 4.78 is 4.84. The van der Waals surface area contributed by atoms with Crippen molar-refractivity contribution in [3.8, 4) is 0 Å². The zero-order chi connectivity index (χ0) is 10.4. The summed E-state index contributed by atoms with van der Waals surface area (Å²) in [6, 6.07) is 0.541. The summed E-state index contributed by atoms with van der Waals surface area (Å²) in [6.45, 7) is 0.491. The summed E-state index contributed by atoms with van der Waals surface area (Å²) in [4.78, 5) is 11.3. The molecule has 0 spiro atoms. The number of nitrogens with two attached hydrogens (primary N) is 1. The molecule has 0 bridgehead atoms. The highest BCUT2D eigenvalue weighted by molar-refractivity contribution is 5.85. The smallest absolute Gasteiger partial charge is 0.222 e.